The molecule has 0 bridgehead atoms. The van der Waals surface area contributed by atoms with Gasteiger partial charge in [0.15, 0.2) is 5.96 Å². The highest BCUT2D eigenvalue weighted by molar-refractivity contribution is 7.86. The van der Waals surface area contributed by atoms with Gasteiger partial charge in [-0.3, -0.25) is 9.20 Å². The molecule has 0 amide bonds. The maximum absolute atomic E-state index is 12.1. The monoisotopic (exact) mass is 363 g/mol. The van der Waals surface area contributed by atoms with Crippen molar-refractivity contribution >= 4 is 16.8 Å². The molecule has 4 nitrogen and oxygen atoms in total. The summed E-state index contributed by atoms with van der Waals surface area (Å²) >= 11 is 0. The Bertz CT molecular complexity index is 572. The zero-order valence-electron chi connectivity index (χ0n) is 16.1. The molecule has 25 heavy (non-hydrogen) atoms. The molecule has 1 aromatic rings. The van der Waals surface area contributed by atoms with Crippen LogP contribution in [-0.4, -0.2) is 52.3 Å². The summed E-state index contributed by atoms with van der Waals surface area (Å²) in [6, 6.07) is 10.8. The van der Waals surface area contributed by atoms with Crippen molar-refractivity contribution in [2.45, 2.75) is 44.8 Å². The van der Waals surface area contributed by atoms with Gasteiger partial charge in [-0.15, -0.1) is 0 Å². The van der Waals surface area contributed by atoms with Crippen LogP contribution in [0.25, 0.3) is 0 Å². The minimum Gasteiger partial charge on any atom is -0.355 e. The molecule has 0 aromatic heterocycles. The summed E-state index contributed by atoms with van der Waals surface area (Å²) in [6.45, 7) is 8.86. The first-order valence-corrected chi connectivity index (χ1v) is 10.6. The fraction of sp³-hybridized carbons (Fsp3) is 0.650. The van der Waals surface area contributed by atoms with Gasteiger partial charge in [-0.25, -0.2) is 0 Å². The Hall–Kier alpha value is -1.36. The number of hydrogen-bond acceptors (Lipinski definition) is 2. The van der Waals surface area contributed by atoms with Crippen LogP contribution < -0.4 is 5.32 Å². The van der Waals surface area contributed by atoms with E-state index in [1.54, 1.807) is 0 Å². The SMILES string of the molecule is CN=C(NCCS(=O)C(C)(C)C)N1CCC(Cc2ccccc2)CC1. The molecule has 1 aliphatic heterocycles. The molecule has 0 saturated carbocycles. The predicted octanol–water partition coefficient (Wildman–Crippen LogP) is 3.06. The molecule has 0 radical (unpaired) electrons. The zero-order valence-corrected chi connectivity index (χ0v) is 16.9. The maximum atomic E-state index is 12.1. The minimum absolute atomic E-state index is 0.152. The summed E-state index contributed by atoms with van der Waals surface area (Å²) < 4.78 is 12.0. The van der Waals surface area contributed by atoms with E-state index in [1.165, 1.54) is 24.8 Å². The largest absolute Gasteiger partial charge is 0.355 e. The molecular weight excluding hydrogens is 330 g/mol. The van der Waals surface area contributed by atoms with Gasteiger partial charge < -0.3 is 10.2 Å². The van der Waals surface area contributed by atoms with E-state index < -0.39 is 10.8 Å². The normalized spacial score (nSPS) is 18.2. The predicted molar refractivity (Wildman–Crippen MR) is 109 cm³/mol. The Morgan fingerprint density at radius 2 is 1.88 bits per heavy atom. The molecule has 1 heterocycles. The maximum Gasteiger partial charge on any atom is 0.193 e. The van der Waals surface area contributed by atoms with E-state index in [2.05, 4.69) is 45.5 Å². The van der Waals surface area contributed by atoms with Gasteiger partial charge in [0.1, 0.15) is 0 Å². The summed E-state index contributed by atoms with van der Waals surface area (Å²) in [5.41, 5.74) is 1.44. The van der Waals surface area contributed by atoms with Crippen molar-refractivity contribution in [2.75, 3.05) is 32.4 Å². The number of likely N-dealkylation sites (tertiary alicyclic amines) is 1. The number of nitrogens with one attached hydrogen (secondary N) is 1. The molecule has 0 spiro atoms. The lowest BCUT2D eigenvalue weighted by molar-refractivity contribution is 0.259. The Balaban J connectivity index is 1.75. The van der Waals surface area contributed by atoms with Gasteiger partial charge in [-0.2, -0.15) is 0 Å². The summed E-state index contributed by atoms with van der Waals surface area (Å²) in [5.74, 6) is 2.36. The Kier molecular flexibility index (Phi) is 7.48. The molecule has 1 N–H and O–H groups in total. The average molecular weight is 364 g/mol. The van der Waals surface area contributed by atoms with E-state index >= 15 is 0 Å². The molecule has 5 heteroatoms. The quantitative estimate of drug-likeness (QED) is 0.646. The van der Waals surface area contributed by atoms with Crippen LogP contribution in [0.2, 0.25) is 0 Å². The van der Waals surface area contributed by atoms with Crippen LogP contribution in [0.15, 0.2) is 35.3 Å². The lowest BCUT2D eigenvalue weighted by Crippen LogP contribution is -2.47. The molecule has 1 atom stereocenters. The minimum atomic E-state index is -0.825. The highest BCUT2D eigenvalue weighted by Crippen LogP contribution is 2.21. The van der Waals surface area contributed by atoms with E-state index in [-0.39, 0.29) is 4.75 Å². The number of nitrogens with zero attached hydrogens (tertiary/aromatic N) is 2. The van der Waals surface area contributed by atoms with Crippen molar-refractivity contribution in [2.24, 2.45) is 10.9 Å². The first kappa shape index (κ1) is 20.0. The molecule has 140 valence electrons. The van der Waals surface area contributed by atoms with Crippen LogP contribution in [0.3, 0.4) is 0 Å². The third-order valence-electron chi connectivity index (χ3n) is 4.75. The smallest absolute Gasteiger partial charge is 0.193 e. The van der Waals surface area contributed by atoms with Crippen LogP contribution >= 0.6 is 0 Å². The van der Waals surface area contributed by atoms with E-state index in [0.717, 1.165) is 25.0 Å². The molecule has 2 rings (SSSR count). The fourth-order valence-electron chi connectivity index (χ4n) is 3.19. The molecule has 1 fully saturated rings. The summed E-state index contributed by atoms with van der Waals surface area (Å²) in [6.07, 6.45) is 3.57. The van der Waals surface area contributed by atoms with Crippen molar-refractivity contribution in [1.29, 1.82) is 0 Å². The van der Waals surface area contributed by atoms with Gasteiger partial charge in [0.25, 0.3) is 0 Å². The number of rotatable bonds is 5. The second kappa shape index (κ2) is 9.37. The van der Waals surface area contributed by atoms with Crippen LogP contribution in [0, 0.1) is 5.92 Å². The molecule has 1 aromatic carbocycles. The third kappa shape index (κ3) is 6.46. The van der Waals surface area contributed by atoms with Crippen molar-refractivity contribution in [1.82, 2.24) is 10.2 Å². The Morgan fingerprint density at radius 1 is 1.24 bits per heavy atom. The van der Waals surface area contributed by atoms with Gasteiger partial charge in [0, 0.05) is 48.0 Å². The lowest BCUT2D eigenvalue weighted by atomic mass is 9.90. The topological polar surface area (TPSA) is 44.7 Å². The number of guanidine groups is 1. The first-order valence-electron chi connectivity index (χ1n) is 9.28. The second-order valence-corrected chi connectivity index (χ2v) is 10.1. The summed E-state index contributed by atoms with van der Waals surface area (Å²) in [5, 5.41) is 3.39. The van der Waals surface area contributed by atoms with Crippen LogP contribution in [-0.2, 0) is 17.2 Å². The van der Waals surface area contributed by atoms with Gasteiger partial charge in [-0.1, -0.05) is 30.3 Å². The number of hydrogen-bond donors (Lipinski definition) is 1. The average Bonchev–Trinajstić information content (AvgIpc) is 2.59. The van der Waals surface area contributed by atoms with E-state index in [1.807, 2.05) is 27.8 Å². The van der Waals surface area contributed by atoms with Crippen molar-refractivity contribution in [3.8, 4) is 0 Å². The van der Waals surface area contributed by atoms with Crippen LogP contribution in [0.5, 0.6) is 0 Å². The van der Waals surface area contributed by atoms with Crippen LogP contribution in [0.1, 0.15) is 39.2 Å². The Morgan fingerprint density at radius 3 is 2.44 bits per heavy atom. The number of piperidine rings is 1. The third-order valence-corrected chi connectivity index (χ3v) is 6.69. The van der Waals surface area contributed by atoms with Crippen molar-refractivity contribution < 1.29 is 4.21 Å². The number of benzene rings is 1. The Labute approximate surface area is 155 Å². The summed E-state index contributed by atoms with van der Waals surface area (Å²) in [4.78, 5) is 6.75. The van der Waals surface area contributed by atoms with Gasteiger partial charge >= 0.3 is 0 Å². The highest BCUT2D eigenvalue weighted by atomic mass is 32.2. The summed E-state index contributed by atoms with van der Waals surface area (Å²) in [7, 11) is 1.01. The first-order chi connectivity index (χ1) is 11.9. The van der Waals surface area contributed by atoms with Crippen LogP contribution in [0.4, 0.5) is 0 Å². The van der Waals surface area contributed by atoms with E-state index in [9.17, 15) is 4.21 Å². The van der Waals surface area contributed by atoms with Crippen molar-refractivity contribution in [3.05, 3.63) is 35.9 Å². The molecule has 0 aliphatic carbocycles. The van der Waals surface area contributed by atoms with Gasteiger partial charge in [0.05, 0.1) is 0 Å². The zero-order chi connectivity index (χ0) is 18.3. The molecule has 1 aliphatic rings. The number of aliphatic imine (C=N–C) groups is 1. The second-order valence-electron chi connectivity index (χ2n) is 7.76. The lowest BCUT2D eigenvalue weighted by Gasteiger charge is -2.34. The van der Waals surface area contributed by atoms with E-state index in [4.69, 9.17) is 0 Å². The fourth-order valence-corrected chi connectivity index (χ4v) is 4.09. The molecule has 1 saturated heterocycles. The van der Waals surface area contributed by atoms with Gasteiger partial charge in [0.2, 0.25) is 0 Å². The molecule has 1 unspecified atom stereocenters. The van der Waals surface area contributed by atoms with Gasteiger partial charge in [-0.05, 0) is 51.5 Å². The van der Waals surface area contributed by atoms with E-state index in [0.29, 0.717) is 12.3 Å². The molecular formula is C20H33N3OS. The standard InChI is InChI=1S/C20H33N3OS/c1-20(2,3)25(24)15-12-22-19(21-4)23-13-10-18(11-14-23)16-17-8-6-5-7-9-17/h5-9,18H,10-16H2,1-4H3,(H,21,22). The highest BCUT2D eigenvalue weighted by Gasteiger charge is 2.22. The van der Waals surface area contributed by atoms with Crippen molar-refractivity contribution in [3.63, 3.8) is 0 Å².